The van der Waals surface area contributed by atoms with E-state index in [4.69, 9.17) is 0 Å². The third kappa shape index (κ3) is 7.86. The number of hydrogen-bond donors (Lipinski definition) is 2. The minimum Gasteiger partial charge on any atom is -0.356 e. The number of benzene rings is 1. The first kappa shape index (κ1) is 20.9. The SMILES string of the molecule is CN=C(NCCSCc1ccc(C)cc1)NC1CCN(CC(F)(F)F)C1. The molecule has 0 spiro atoms. The lowest BCUT2D eigenvalue weighted by atomic mass is 10.2. The molecule has 1 heterocycles. The van der Waals surface area contributed by atoms with E-state index in [-0.39, 0.29) is 6.04 Å². The molecule has 1 aromatic carbocycles. The number of guanidine groups is 1. The number of rotatable bonds is 7. The summed E-state index contributed by atoms with van der Waals surface area (Å²) in [5.41, 5.74) is 2.56. The predicted molar refractivity (Wildman–Crippen MR) is 103 cm³/mol. The highest BCUT2D eigenvalue weighted by Gasteiger charge is 2.34. The minimum atomic E-state index is -4.14. The maximum atomic E-state index is 12.4. The normalized spacial score (nSPS) is 19.0. The molecule has 2 rings (SSSR count). The van der Waals surface area contributed by atoms with Gasteiger partial charge in [-0.3, -0.25) is 9.89 Å². The Morgan fingerprint density at radius 1 is 1.31 bits per heavy atom. The van der Waals surface area contributed by atoms with E-state index in [2.05, 4.69) is 46.8 Å². The number of aliphatic imine (C=N–C) groups is 1. The van der Waals surface area contributed by atoms with Gasteiger partial charge in [0.2, 0.25) is 0 Å². The van der Waals surface area contributed by atoms with Crippen molar-refractivity contribution in [1.82, 2.24) is 15.5 Å². The summed E-state index contributed by atoms with van der Waals surface area (Å²) in [6, 6.07) is 8.52. The summed E-state index contributed by atoms with van der Waals surface area (Å²) in [4.78, 5) is 5.59. The van der Waals surface area contributed by atoms with Crippen LogP contribution in [0.5, 0.6) is 0 Å². The van der Waals surface area contributed by atoms with Crippen LogP contribution in [0.2, 0.25) is 0 Å². The van der Waals surface area contributed by atoms with E-state index in [0.717, 1.165) is 18.1 Å². The van der Waals surface area contributed by atoms with Crippen molar-refractivity contribution in [2.45, 2.75) is 31.3 Å². The highest BCUT2D eigenvalue weighted by atomic mass is 32.2. The zero-order chi connectivity index (χ0) is 19.0. The maximum Gasteiger partial charge on any atom is 0.401 e. The van der Waals surface area contributed by atoms with Gasteiger partial charge in [0, 0.05) is 44.2 Å². The van der Waals surface area contributed by atoms with Crippen LogP contribution in [0.25, 0.3) is 0 Å². The van der Waals surface area contributed by atoms with Crippen LogP contribution in [-0.4, -0.2) is 62.1 Å². The summed E-state index contributed by atoms with van der Waals surface area (Å²) in [7, 11) is 1.68. The number of likely N-dealkylation sites (tertiary alicyclic amines) is 1. The lowest BCUT2D eigenvalue weighted by Gasteiger charge is -2.19. The molecule has 1 aliphatic rings. The van der Waals surface area contributed by atoms with E-state index in [9.17, 15) is 13.2 Å². The van der Waals surface area contributed by atoms with Crippen molar-refractivity contribution < 1.29 is 13.2 Å². The molecule has 4 nitrogen and oxygen atoms in total. The number of alkyl halides is 3. The van der Waals surface area contributed by atoms with Gasteiger partial charge in [0.15, 0.2) is 5.96 Å². The predicted octanol–water partition coefficient (Wildman–Crippen LogP) is 3.03. The smallest absolute Gasteiger partial charge is 0.356 e. The standard InChI is InChI=1S/C18H27F3N4S/c1-14-3-5-15(6-4-14)12-26-10-8-23-17(22-2)24-16-7-9-25(11-16)13-18(19,20)21/h3-6,16H,7-13H2,1-2H3,(H2,22,23,24). The van der Waals surface area contributed by atoms with Crippen LogP contribution in [0, 0.1) is 6.92 Å². The molecule has 1 fully saturated rings. The molecule has 8 heteroatoms. The lowest BCUT2D eigenvalue weighted by Crippen LogP contribution is -2.45. The quantitative estimate of drug-likeness (QED) is 0.428. The number of hydrogen-bond acceptors (Lipinski definition) is 3. The Balaban J connectivity index is 1.61. The fourth-order valence-corrected chi connectivity index (χ4v) is 3.67. The average molecular weight is 389 g/mol. The van der Waals surface area contributed by atoms with Crippen molar-refractivity contribution in [3.63, 3.8) is 0 Å². The number of halogens is 3. The summed E-state index contributed by atoms with van der Waals surface area (Å²) < 4.78 is 37.3. The molecule has 0 radical (unpaired) electrons. The van der Waals surface area contributed by atoms with Gasteiger partial charge in [0.1, 0.15) is 0 Å². The Morgan fingerprint density at radius 2 is 2.04 bits per heavy atom. The third-order valence-electron chi connectivity index (χ3n) is 4.17. The van der Waals surface area contributed by atoms with E-state index in [1.165, 1.54) is 16.0 Å². The van der Waals surface area contributed by atoms with Crippen molar-refractivity contribution in [2.75, 3.05) is 39.0 Å². The van der Waals surface area contributed by atoms with Crippen LogP contribution in [0.3, 0.4) is 0 Å². The van der Waals surface area contributed by atoms with E-state index >= 15 is 0 Å². The van der Waals surface area contributed by atoms with Crippen LogP contribution >= 0.6 is 11.8 Å². The highest BCUT2D eigenvalue weighted by Crippen LogP contribution is 2.20. The summed E-state index contributed by atoms with van der Waals surface area (Å²) in [6.45, 7) is 2.84. The second kappa shape index (κ2) is 10.1. The molecule has 0 bridgehead atoms. The van der Waals surface area contributed by atoms with Crippen LogP contribution in [0.15, 0.2) is 29.3 Å². The van der Waals surface area contributed by atoms with E-state index in [1.54, 1.807) is 7.05 Å². The van der Waals surface area contributed by atoms with Gasteiger partial charge in [-0.1, -0.05) is 29.8 Å². The number of thioether (sulfide) groups is 1. The molecule has 0 aliphatic carbocycles. The fraction of sp³-hybridized carbons (Fsp3) is 0.611. The molecule has 1 aliphatic heterocycles. The molecular weight excluding hydrogens is 361 g/mol. The molecule has 0 aromatic heterocycles. The van der Waals surface area contributed by atoms with Crippen LogP contribution in [0.4, 0.5) is 13.2 Å². The van der Waals surface area contributed by atoms with Gasteiger partial charge in [-0.25, -0.2) is 0 Å². The Bertz CT molecular complexity index is 575. The van der Waals surface area contributed by atoms with Crippen molar-refractivity contribution >= 4 is 17.7 Å². The van der Waals surface area contributed by atoms with Gasteiger partial charge in [0.05, 0.1) is 6.54 Å². The van der Waals surface area contributed by atoms with Crippen LogP contribution in [0.1, 0.15) is 17.5 Å². The third-order valence-corrected chi connectivity index (χ3v) is 5.20. The van der Waals surface area contributed by atoms with Gasteiger partial charge in [-0.05, 0) is 18.9 Å². The molecule has 0 amide bonds. The molecule has 26 heavy (non-hydrogen) atoms. The van der Waals surface area contributed by atoms with Crippen LogP contribution in [-0.2, 0) is 5.75 Å². The average Bonchev–Trinajstić information content (AvgIpc) is 3.00. The largest absolute Gasteiger partial charge is 0.401 e. The first-order valence-corrected chi connectivity index (χ1v) is 9.91. The number of aryl methyl sites for hydroxylation is 1. The number of nitrogens with one attached hydrogen (secondary N) is 2. The van der Waals surface area contributed by atoms with Gasteiger partial charge < -0.3 is 10.6 Å². The maximum absolute atomic E-state index is 12.4. The van der Waals surface area contributed by atoms with Gasteiger partial charge in [-0.2, -0.15) is 24.9 Å². The Kier molecular flexibility index (Phi) is 8.09. The summed E-state index contributed by atoms with van der Waals surface area (Å²) in [5, 5.41) is 6.45. The molecule has 2 N–H and O–H groups in total. The Morgan fingerprint density at radius 3 is 2.69 bits per heavy atom. The molecular formula is C18H27F3N4S. The van der Waals surface area contributed by atoms with Gasteiger partial charge >= 0.3 is 6.18 Å². The molecule has 1 atom stereocenters. The summed E-state index contributed by atoms with van der Waals surface area (Å²) >= 11 is 1.84. The molecule has 1 unspecified atom stereocenters. The van der Waals surface area contributed by atoms with Crippen molar-refractivity contribution in [3.05, 3.63) is 35.4 Å². The monoisotopic (exact) mass is 388 g/mol. The molecule has 1 saturated heterocycles. The highest BCUT2D eigenvalue weighted by molar-refractivity contribution is 7.98. The van der Waals surface area contributed by atoms with Crippen molar-refractivity contribution in [3.8, 4) is 0 Å². The Labute approximate surface area is 157 Å². The Hall–Kier alpha value is -1.41. The zero-order valence-electron chi connectivity index (χ0n) is 15.3. The molecule has 1 aromatic rings. The second-order valence-corrected chi connectivity index (χ2v) is 7.62. The van der Waals surface area contributed by atoms with E-state index in [1.807, 2.05) is 11.8 Å². The van der Waals surface area contributed by atoms with Gasteiger partial charge in [0.25, 0.3) is 0 Å². The topological polar surface area (TPSA) is 39.7 Å². The fourth-order valence-electron chi connectivity index (χ4n) is 2.85. The van der Waals surface area contributed by atoms with Crippen LogP contribution < -0.4 is 10.6 Å². The van der Waals surface area contributed by atoms with Crippen molar-refractivity contribution in [2.24, 2.45) is 4.99 Å². The van der Waals surface area contributed by atoms with E-state index in [0.29, 0.717) is 25.5 Å². The molecule has 0 saturated carbocycles. The second-order valence-electron chi connectivity index (χ2n) is 6.52. The lowest BCUT2D eigenvalue weighted by molar-refractivity contribution is -0.143. The zero-order valence-corrected chi connectivity index (χ0v) is 16.1. The van der Waals surface area contributed by atoms with Gasteiger partial charge in [-0.15, -0.1) is 0 Å². The van der Waals surface area contributed by atoms with E-state index < -0.39 is 12.7 Å². The summed E-state index contributed by atoms with van der Waals surface area (Å²) in [5.74, 6) is 2.54. The first-order valence-electron chi connectivity index (χ1n) is 8.75. The molecule has 146 valence electrons. The minimum absolute atomic E-state index is 0.00348. The summed E-state index contributed by atoms with van der Waals surface area (Å²) in [6.07, 6.45) is -3.44. The first-order chi connectivity index (χ1) is 12.4. The number of nitrogens with zero attached hydrogens (tertiary/aromatic N) is 2. The van der Waals surface area contributed by atoms with Crippen molar-refractivity contribution in [1.29, 1.82) is 0 Å².